The van der Waals surface area contributed by atoms with Crippen LogP contribution in [-0.4, -0.2) is 11.5 Å². The molecule has 3 N–H and O–H groups in total. The molecule has 0 saturated heterocycles. The fourth-order valence-electron chi connectivity index (χ4n) is 2.13. The van der Waals surface area contributed by atoms with Gasteiger partial charge in [-0.15, -0.1) is 0 Å². The molecule has 3 heteroatoms. The van der Waals surface area contributed by atoms with Crippen LogP contribution in [0.1, 0.15) is 25.0 Å². The molecule has 0 radical (unpaired) electrons. The lowest BCUT2D eigenvalue weighted by Gasteiger charge is -2.25. The topological polar surface area (TPSA) is 50.9 Å². The van der Waals surface area contributed by atoms with E-state index in [1.54, 1.807) is 0 Å². The normalized spacial score (nSPS) is 11.5. The van der Waals surface area contributed by atoms with E-state index in [1.807, 2.05) is 30.6 Å². The number of rotatable bonds is 5. The fraction of sp³-hybridized carbons (Fsp3) is 0.312. The minimum atomic E-state index is 0.0866. The van der Waals surface area contributed by atoms with Gasteiger partial charge in [0.25, 0.3) is 0 Å². The summed E-state index contributed by atoms with van der Waals surface area (Å²) in [5, 5.41) is 3.49. The highest BCUT2D eigenvalue weighted by Crippen LogP contribution is 2.21. The Kier molecular flexibility index (Phi) is 4.17. The van der Waals surface area contributed by atoms with Gasteiger partial charge in [0.2, 0.25) is 0 Å². The predicted molar refractivity (Wildman–Crippen MR) is 79.8 cm³/mol. The number of anilines is 1. The van der Waals surface area contributed by atoms with Crippen LogP contribution in [0.2, 0.25) is 0 Å². The van der Waals surface area contributed by atoms with E-state index in [4.69, 9.17) is 5.73 Å². The summed E-state index contributed by atoms with van der Waals surface area (Å²) in [6, 6.07) is 12.1. The molecule has 0 atom stereocenters. The van der Waals surface area contributed by atoms with E-state index in [1.165, 1.54) is 11.1 Å². The Hall–Kier alpha value is -1.87. The Morgan fingerprint density at radius 3 is 2.58 bits per heavy atom. The maximum atomic E-state index is 5.77. The summed E-state index contributed by atoms with van der Waals surface area (Å²) >= 11 is 0. The third-order valence-corrected chi connectivity index (χ3v) is 3.31. The van der Waals surface area contributed by atoms with E-state index < -0.39 is 0 Å². The lowest BCUT2D eigenvalue weighted by Crippen LogP contribution is -2.32. The summed E-state index contributed by atoms with van der Waals surface area (Å²) < 4.78 is 0. The Morgan fingerprint density at radius 1 is 1.16 bits per heavy atom. The molecule has 3 nitrogen and oxygen atoms in total. The number of nitrogens with two attached hydrogens (primary N) is 1. The molecule has 0 aliphatic rings. The van der Waals surface area contributed by atoms with E-state index in [0.29, 0.717) is 0 Å². The summed E-state index contributed by atoms with van der Waals surface area (Å²) in [5.41, 5.74) is 9.18. The number of hydrogen-bond acceptors (Lipinski definition) is 3. The van der Waals surface area contributed by atoms with Crippen LogP contribution < -0.4 is 11.1 Å². The molecule has 19 heavy (non-hydrogen) atoms. The second kappa shape index (κ2) is 5.85. The second-order valence-electron chi connectivity index (χ2n) is 5.47. The molecule has 100 valence electrons. The molecule has 0 saturated carbocycles. The predicted octanol–water partition coefficient (Wildman–Crippen LogP) is 2.73. The molecule has 0 bridgehead atoms. The number of aromatic nitrogens is 1. The average Bonchev–Trinajstić information content (AvgIpc) is 2.40. The highest BCUT2D eigenvalue weighted by atomic mass is 14.9. The molecule has 0 aliphatic heterocycles. The first kappa shape index (κ1) is 13.6. The summed E-state index contributed by atoms with van der Waals surface area (Å²) in [7, 11) is 0. The second-order valence-corrected chi connectivity index (χ2v) is 5.47. The minimum Gasteiger partial charge on any atom is -0.399 e. The van der Waals surface area contributed by atoms with Crippen molar-refractivity contribution in [3.8, 4) is 0 Å². The minimum absolute atomic E-state index is 0.0866. The van der Waals surface area contributed by atoms with Crippen LogP contribution in [0.25, 0.3) is 0 Å². The molecule has 0 spiro atoms. The molecule has 2 rings (SSSR count). The molecule has 1 aromatic carbocycles. The number of nitrogen functional groups attached to an aromatic ring is 1. The van der Waals surface area contributed by atoms with Crippen molar-refractivity contribution in [2.24, 2.45) is 0 Å². The van der Waals surface area contributed by atoms with Crippen molar-refractivity contribution in [3.05, 3.63) is 59.9 Å². The molecule has 1 heterocycles. The molecular formula is C16H21N3. The zero-order valence-corrected chi connectivity index (χ0v) is 11.6. The Morgan fingerprint density at radius 2 is 1.89 bits per heavy atom. The van der Waals surface area contributed by atoms with Crippen LogP contribution in [0.4, 0.5) is 5.69 Å². The fourth-order valence-corrected chi connectivity index (χ4v) is 2.13. The zero-order chi connectivity index (χ0) is 13.7. The van der Waals surface area contributed by atoms with E-state index >= 15 is 0 Å². The van der Waals surface area contributed by atoms with Gasteiger partial charge in [0.15, 0.2) is 0 Å². The van der Waals surface area contributed by atoms with Crippen molar-refractivity contribution in [1.29, 1.82) is 0 Å². The maximum absolute atomic E-state index is 5.77. The first-order chi connectivity index (χ1) is 9.08. The van der Waals surface area contributed by atoms with E-state index in [0.717, 1.165) is 18.8 Å². The summed E-state index contributed by atoms with van der Waals surface area (Å²) in [6.45, 7) is 6.20. The standard InChI is InChI=1S/C16H21N3/c1-16(2,14-6-8-18-9-7-14)12-19-11-13-4-3-5-15(17)10-13/h3-10,19H,11-12,17H2,1-2H3. The van der Waals surface area contributed by atoms with Gasteiger partial charge >= 0.3 is 0 Å². The monoisotopic (exact) mass is 255 g/mol. The van der Waals surface area contributed by atoms with Crippen molar-refractivity contribution in [3.63, 3.8) is 0 Å². The smallest absolute Gasteiger partial charge is 0.0317 e. The van der Waals surface area contributed by atoms with Gasteiger partial charge in [-0.25, -0.2) is 0 Å². The quantitative estimate of drug-likeness (QED) is 0.808. The van der Waals surface area contributed by atoms with Crippen molar-refractivity contribution >= 4 is 5.69 Å². The van der Waals surface area contributed by atoms with Gasteiger partial charge in [0.05, 0.1) is 0 Å². The third kappa shape index (κ3) is 3.80. The Bertz CT molecular complexity index is 521. The van der Waals surface area contributed by atoms with E-state index in [2.05, 4.69) is 42.3 Å². The molecule has 0 unspecified atom stereocenters. The number of benzene rings is 1. The SMILES string of the molecule is CC(C)(CNCc1cccc(N)c1)c1ccncc1. The van der Waals surface area contributed by atoms with E-state index in [-0.39, 0.29) is 5.41 Å². The van der Waals surface area contributed by atoms with Gasteiger partial charge in [-0.2, -0.15) is 0 Å². The van der Waals surface area contributed by atoms with Gasteiger partial charge in [-0.1, -0.05) is 26.0 Å². The van der Waals surface area contributed by atoms with Crippen molar-refractivity contribution in [2.45, 2.75) is 25.8 Å². The highest BCUT2D eigenvalue weighted by Gasteiger charge is 2.19. The molecule has 0 fully saturated rings. The largest absolute Gasteiger partial charge is 0.399 e. The molecule has 2 aromatic rings. The lowest BCUT2D eigenvalue weighted by atomic mass is 9.85. The number of pyridine rings is 1. The van der Waals surface area contributed by atoms with Crippen LogP contribution in [0.15, 0.2) is 48.8 Å². The summed E-state index contributed by atoms with van der Waals surface area (Å²) in [5.74, 6) is 0. The van der Waals surface area contributed by atoms with Gasteiger partial charge in [-0.05, 0) is 35.4 Å². The highest BCUT2D eigenvalue weighted by molar-refractivity contribution is 5.40. The van der Waals surface area contributed by atoms with Crippen molar-refractivity contribution in [1.82, 2.24) is 10.3 Å². The van der Waals surface area contributed by atoms with Gasteiger partial charge < -0.3 is 11.1 Å². The van der Waals surface area contributed by atoms with Gasteiger partial charge in [0.1, 0.15) is 0 Å². The van der Waals surface area contributed by atoms with Crippen LogP contribution >= 0.6 is 0 Å². The first-order valence-corrected chi connectivity index (χ1v) is 6.53. The van der Waals surface area contributed by atoms with Gasteiger partial charge in [-0.3, -0.25) is 4.98 Å². The average molecular weight is 255 g/mol. The third-order valence-electron chi connectivity index (χ3n) is 3.31. The molecule has 0 amide bonds. The molecular weight excluding hydrogens is 234 g/mol. The van der Waals surface area contributed by atoms with E-state index in [9.17, 15) is 0 Å². The molecule has 0 aliphatic carbocycles. The number of hydrogen-bond donors (Lipinski definition) is 2. The Labute approximate surface area is 114 Å². The lowest BCUT2D eigenvalue weighted by molar-refractivity contribution is 0.468. The summed E-state index contributed by atoms with van der Waals surface area (Å²) in [6.07, 6.45) is 3.68. The van der Waals surface area contributed by atoms with Crippen LogP contribution in [-0.2, 0) is 12.0 Å². The summed E-state index contributed by atoms with van der Waals surface area (Å²) in [4.78, 5) is 4.06. The maximum Gasteiger partial charge on any atom is 0.0317 e. The van der Waals surface area contributed by atoms with Crippen molar-refractivity contribution < 1.29 is 0 Å². The zero-order valence-electron chi connectivity index (χ0n) is 11.6. The number of nitrogens with one attached hydrogen (secondary N) is 1. The van der Waals surface area contributed by atoms with Crippen LogP contribution in [0, 0.1) is 0 Å². The Balaban J connectivity index is 1.92. The van der Waals surface area contributed by atoms with Crippen molar-refractivity contribution in [2.75, 3.05) is 12.3 Å². The van der Waals surface area contributed by atoms with Gasteiger partial charge in [0, 0.05) is 36.6 Å². The molecule has 1 aromatic heterocycles. The van der Waals surface area contributed by atoms with Crippen LogP contribution in [0.5, 0.6) is 0 Å². The first-order valence-electron chi connectivity index (χ1n) is 6.53. The number of nitrogens with zero attached hydrogens (tertiary/aromatic N) is 1. The van der Waals surface area contributed by atoms with Crippen LogP contribution in [0.3, 0.4) is 0 Å².